The van der Waals surface area contributed by atoms with Crippen molar-refractivity contribution in [2.45, 2.75) is 13.0 Å². The van der Waals surface area contributed by atoms with Gasteiger partial charge in [-0.2, -0.15) is 0 Å². The van der Waals surface area contributed by atoms with Crippen molar-refractivity contribution in [1.29, 1.82) is 0 Å². The van der Waals surface area contributed by atoms with Crippen molar-refractivity contribution in [3.8, 4) is 0 Å². The van der Waals surface area contributed by atoms with E-state index in [1.54, 1.807) is 37.5 Å². The van der Waals surface area contributed by atoms with Gasteiger partial charge >= 0.3 is 0 Å². The number of aromatic nitrogens is 1. The molecule has 25 heavy (non-hydrogen) atoms. The van der Waals surface area contributed by atoms with Crippen LogP contribution >= 0.6 is 0 Å². The van der Waals surface area contributed by atoms with Gasteiger partial charge in [-0.1, -0.05) is 6.07 Å². The van der Waals surface area contributed by atoms with Gasteiger partial charge in [-0.25, -0.2) is 4.99 Å². The molecular formula is C19H18N4O2. The van der Waals surface area contributed by atoms with Gasteiger partial charge in [0, 0.05) is 36.1 Å². The van der Waals surface area contributed by atoms with E-state index in [0.717, 1.165) is 22.6 Å². The monoisotopic (exact) mass is 334 g/mol. The van der Waals surface area contributed by atoms with Crippen molar-refractivity contribution >= 4 is 23.1 Å². The van der Waals surface area contributed by atoms with Crippen LogP contribution in [-0.2, 0) is 0 Å². The van der Waals surface area contributed by atoms with E-state index in [4.69, 9.17) is 0 Å². The molecule has 2 aliphatic rings. The number of hydrogen-bond acceptors (Lipinski definition) is 6. The van der Waals surface area contributed by atoms with E-state index in [1.807, 2.05) is 23.1 Å². The molecule has 1 aromatic heterocycles. The molecule has 1 aromatic carbocycles. The van der Waals surface area contributed by atoms with E-state index in [0.29, 0.717) is 24.5 Å². The highest BCUT2D eigenvalue weighted by Crippen LogP contribution is 2.31. The average molecular weight is 334 g/mol. The summed E-state index contributed by atoms with van der Waals surface area (Å²) in [7, 11) is 0. The van der Waals surface area contributed by atoms with Gasteiger partial charge in [0.15, 0.2) is 0 Å². The van der Waals surface area contributed by atoms with E-state index in [-0.39, 0.29) is 5.76 Å². The van der Waals surface area contributed by atoms with Crippen molar-refractivity contribution in [2.75, 3.05) is 13.1 Å². The number of aliphatic imine (C=N–C) groups is 2. The maximum Gasteiger partial charge on any atom is 0.138 e. The fourth-order valence-electron chi connectivity index (χ4n) is 3.00. The summed E-state index contributed by atoms with van der Waals surface area (Å²) in [5.74, 6) is 1.59. The summed E-state index contributed by atoms with van der Waals surface area (Å²) in [4.78, 5) is 15.3. The van der Waals surface area contributed by atoms with E-state index in [9.17, 15) is 10.2 Å². The van der Waals surface area contributed by atoms with Crippen LogP contribution in [0, 0.1) is 0 Å². The smallest absolute Gasteiger partial charge is 0.138 e. The Kier molecular flexibility index (Phi) is 3.82. The van der Waals surface area contributed by atoms with Gasteiger partial charge in [-0.15, -0.1) is 0 Å². The van der Waals surface area contributed by atoms with Gasteiger partial charge in [-0.05, 0) is 36.8 Å². The zero-order valence-corrected chi connectivity index (χ0v) is 13.8. The number of nitrogens with zero attached hydrogens (tertiary/aromatic N) is 4. The van der Waals surface area contributed by atoms with E-state index in [1.165, 1.54) is 0 Å². The SMILES string of the molecule is CC(O)c1ccc2c(c1)C1=NCCN1C(/C=C(\O)c1cccnc1)=N2. The Balaban J connectivity index is 1.78. The Labute approximate surface area is 145 Å². The number of pyridine rings is 1. The fraction of sp³-hybridized carbons (Fsp3) is 0.211. The van der Waals surface area contributed by atoms with Gasteiger partial charge in [0.1, 0.15) is 17.4 Å². The highest BCUT2D eigenvalue weighted by Gasteiger charge is 2.29. The maximum atomic E-state index is 10.4. The van der Waals surface area contributed by atoms with Crippen LogP contribution in [0.25, 0.3) is 5.76 Å². The summed E-state index contributed by atoms with van der Waals surface area (Å²) in [6.07, 6.45) is 4.37. The molecule has 1 unspecified atom stereocenters. The minimum atomic E-state index is -0.541. The van der Waals surface area contributed by atoms with Gasteiger partial charge in [0.05, 0.1) is 18.3 Å². The van der Waals surface area contributed by atoms with E-state index >= 15 is 0 Å². The second-order valence-electron chi connectivity index (χ2n) is 6.05. The quantitative estimate of drug-likeness (QED) is 0.846. The Morgan fingerprint density at radius 2 is 2.20 bits per heavy atom. The first-order valence-corrected chi connectivity index (χ1v) is 8.17. The molecule has 4 rings (SSSR count). The summed E-state index contributed by atoms with van der Waals surface area (Å²) in [6.45, 7) is 3.12. The van der Waals surface area contributed by atoms with Crippen molar-refractivity contribution in [2.24, 2.45) is 9.98 Å². The van der Waals surface area contributed by atoms with Crippen molar-refractivity contribution in [3.05, 3.63) is 65.5 Å². The molecular weight excluding hydrogens is 316 g/mol. The Morgan fingerprint density at radius 3 is 2.96 bits per heavy atom. The lowest BCUT2D eigenvalue weighted by molar-refractivity contribution is 0.199. The lowest BCUT2D eigenvalue weighted by Gasteiger charge is -2.26. The van der Waals surface area contributed by atoms with Crippen LogP contribution < -0.4 is 0 Å². The van der Waals surface area contributed by atoms with Crippen molar-refractivity contribution in [3.63, 3.8) is 0 Å². The van der Waals surface area contributed by atoms with E-state index < -0.39 is 6.10 Å². The van der Waals surface area contributed by atoms with Crippen molar-refractivity contribution in [1.82, 2.24) is 9.88 Å². The molecule has 2 aliphatic heterocycles. The standard InChI is InChI=1S/C19H18N4O2/c1-12(24)13-4-5-16-15(9-13)19-21-7-8-23(19)18(22-16)10-17(25)14-3-2-6-20-11-14/h2-6,9-12,24-25H,7-8H2,1H3/b17-10-. The first-order valence-electron chi connectivity index (χ1n) is 8.17. The molecule has 0 amide bonds. The van der Waals surface area contributed by atoms with Gasteiger partial charge in [0.2, 0.25) is 0 Å². The summed E-state index contributed by atoms with van der Waals surface area (Å²) >= 11 is 0. The van der Waals surface area contributed by atoms with Crippen LogP contribution in [0.1, 0.15) is 29.7 Å². The van der Waals surface area contributed by atoms with Crippen LogP contribution in [-0.4, -0.2) is 44.9 Å². The number of rotatable bonds is 3. The summed E-state index contributed by atoms with van der Waals surface area (Å²) in [5.41, 5.74) is 3.17. The molecule has 0 saturated carbocycles. The minimum absolute atomic E-state index is 0.113. The highest BCUT2D eigenvalue weighted by atomic mass is 16.3. The fourth-order valence-corrected chi connectivity index (χ4v) is 3.00. The van der Waals surface area contributed by atoms with Crippen LogP contribution in [0.5, 0.6) is 0 Å². The minimum Gasteiger partial charge on any atom is -0.507 e. The summed E-state index contributed by atoms with van der Waals surface area (Å²) in [6, 6.07) is 9.24. The van der Waals surface area contributed by atoms with Crippen molar-refractivity contribution < 1.29 is 10.2 Å². The third kappa shape index (κ3) is 2.81. The second kappa shape index (κ2) is 6.14. The average Bonchev–Trinajstić information content (AvgIpc) is 3.12. The number of aliphatic hydroxyl groups excluding tert-OH is 2. The molecule has 3 heterocycles. The first-order chi connectivity index (χ1) is 12.1. The second-order valence-corrected chi connectivity index (χ2v) is 6.05. The number of amidine groups is 2. The first kappa shape index (κ1) is 15.5. The summed E-state index contributed by atoms with van der Waals surface area (Å²) in [5, 5.41) is 20.2. The number of aliphatic hydroxyl groups is 2. The molecule has 2 aromatic rings. The number of hydrogen-bond donors (Lipinski definition) is 2. The molecule has 2 N–H and O–H groups in total. The number of fused-ring (bicyclic) bond motifs is 3. The highest BCUT2D eigenvalue weighted by molar-refractivity contribution is 6.19. The Bertz CT molecular complexity index is 901. The zero-order chi connectivity index (χ0) is 17.4. The predicted molar refractivity (Wildman–Crippen MR) is 97.1 cm³/mol. The molecule has 6 heteroatoms. The topological polar surface area (TPSA) is 81.3 Å². The molecule has 0 radical (unpaired) electrons. The van der Waals surface area contributed by atoms with Gasteiger partial charge < -0.3 is 15.1 Å². The third-order valence-electron chi connectivity index (χ3n) is 4.32. The third-order valence-corrected chi connectivity index (χ3v) is 4.32. The summed E-state index contributed by atoms with van der Waals surface area (Å²) < 4.78 is 0. The van der Waals surface area contributed by atoms with Gasteiger partial charge in [-0.3, -0.25) is 9.98 Å². The molecule has 0 aliphatic carbocycles. The lowest BCUT2D eigenvalue weighted by atomic mass is 10.0. The van der Waals surface area contributed by atoms with Crippen LogP contribution in [0.4, 0.5) is 5.69 Å². The van der Waals surface area contributed by atoms with E-state index in [2.05, 4.69) is 15.0 Å². The van der Waals surface area contributed by atoms with Crippen LogP contribution in [0.3, 0.4) is 0 Å². The van der Waals surface area contributed by atoms with Crippen LogP contribution in [0.15, 0.2) is 58.8 Å². The molecule has 1 atom stereocenters. The Morgan fingerprint density at radius 1 is 1.32 bits per heavy atom. The van der Waals surface area contributed by atoms with Gasteiger partial charge in [0.25, 0.3) is 0 Å². The predicted octanol–water partition coefficient (Wildman–Crippen LogP) is 2.84. The lowest BCUT2D eigenvalue weighted by Crippen LogP contribution is -2.36. The molecule has 0 fully saturated rings. The normalized spacial score (nSPS) is 17.5. The molecule has 6 nitrogen and oxygen atoms in total. The zero-order valence-electron chi connectivity index (χ0n) is 13.8. The van der Waals surface area contributed by atoms with Crippen LogP contribution in [0.2, 0.25) is 0 Å². The largest absolute Gasteiger partial charge is 0.507 e. The number of benzene rings is 1. The maximum absolute atomic E-state index is 10.4. The molecule has 0 bridgehead atoms. The molecule has 0 saturated heterocycles. The Hall–Kier alpha value is -2.99. The molecule has 126 valence electrons. The molecule has 0 spiro atoms.